The second-order valence-electron chi connectivity index (χ2n) is 3.01. The fourth-order valence-corrected chi connectivity index (χ4v) is 2.49. The average Bonchev–Trinajstić information content (AvgIpc) is 2.19. The average molecular weight is 221 g/mol. The van der Waals surface area contributed by atoms with Gasteiger partial charge in [0.25, 0.3) is 0 Å². The van der Waals surface area contributed by atoms with Gasteiger partial charge in [0.05, 0.1) is 24.0 Å². The van der Waals surface area contributed by atoms with Gasteiger partial charge in [-0.05, 0) is 0 Å². The van der Waals surface area contributed by atoms with E-state index in [-0.39, 0.29) is 0 Å². The monoisotopic (exact) mass is 221 g/mol. The van der Waals surface area contributed by atoms with Crippen LogP contribution in [0.3, 0.4) is 0 Å². The van der Waals surface area contributed by atoms with Crippen LogP contribution in [0.25, 0.3) is 0 Å². The van der Waals surface area contributed by atoms with Crippen molar-refractivity contribution < 1.29 is 18.8 Å². The van der Waals surface area contributed by atoms with Crippen molar-refractivity contribution in [2.45, 2.75) is 12.3 Å². The number of hydrogen-bond acceptors (Lipinski definition) is 4. The van der Waals surface area contributed by atoms with Gasteiger partial charge in [-0.15, -0.1) is 0 Å². The van der Waals surface area contributed by atoms with E-state index in [4.69, 9.17) is 9.84 Å². The summed E-state index contributed by atoms with van der Waals surface area (Å²) >= 11 is 0. The zero-order valence-electron chi connectivity index (χ0n) is 8.14. The van der Waals surface area contributed by atoms with Crippen LogP contribution in [0.4, 0.5) is 0 Å². The number of carboxylic acid groups (broad SMARTS) is 1. The summed E-state index contributed by atoms with van der Waals surface area (Å²) in [4.78, 5) is 12.6. The van der Waals surface area contributed by atoms with Crippen molar-refractivity contribution in [2.24, 2.45) is 0 Å². The van der Waals surface area contributed by atoms with Crippen molar-refractivity contribution in [3.05, 3.63) is 0 Å². The van der Waals surface area contributed by atoms with Crippen molar-refractivity contribution in [1.82, 2.24) is 4.90 Å². The Labute approximate surface area is 85.5 Å². The van der Waals surface area contributed by atoms with Crippen molar-refractivity contribution >= 4 is 16.8 Å². The molecule has 0 bridgehead atoms. The lowest BCUT2D eigenvalue weighted by Gasteiger charge is -2.30. The van der Waals surface area contributed by atoms with E-state index in [2.05, 4.69) is 0 Å². The van der Waals surface area contributed by atoms with Gasteiger partial charge in [-0.25, -0.2) is 4.79 Å². The molecule has 1 aliphatic rings. The third-order valence-corrected chi connectivity index (χ3v) is 3.69. The maximum Gasteiger partial charge on any atom is 0.334 e. The zero-order chi connectivity index (χ0) is 10.6. The maximum atomic E-state index is 11.5. The minimum absolute atomic E-state index is 0.369. The molecule has 1 N–H and O–H groups in total. The Morgan fingerprint density at radius 1 is 1.57 bits per heavy atom. The summed E-state index contributed by atoms with van der Waals surface area (Å²) in [6.45, 7) is 3.85. The predicted octanol–water partition coefficient (Wildman–Crippen LogP) is -0.502. The molecule has 0 saturated carbocycles. The van der Waals surface area contributed by atoms with Crippen molar-refractivity contribution in [3.8, 4) is 0 Å². The summed E-state index contributed by atoms with van der Waals surface area (Å²) in [6.07, 6.45) is 0. The summed E-state index contributed by atoms with van der Waals surface area (Å²) in [5.41, 5.74) is 0. The van der Waals surface area contributed by atoms with Crippen molar-refractivity contribution in [3.63, 3.8) is 0 Å². The Morgan fingerprint density at radius 3 is 2.57 bits per heavy atom. The molecular formula is C8H15NO4S. The van der Waals surface area contributed by atoms with E-state index in [0.717, 1.165) is 0 Å². The normalized spacial score (nSPS) is 22.9. The first kappa shape index (κ1) is 11.6. The molecular weight excluding hydrogens is 206 g/mol. The van der Waals surface area contributed by atoms with Crippen LogP contribution in [0, 0.1) is 0 Å². The first-order valence-electron chi connectivity index (χ1n) is 4.58. The Bertz CT molecular complexity index is 227. The van der Waals surface area contributed by atoms with Gasteiger partial charge in [-0.3, -0.25) is 9.11 Å². The summed E-state index contributed by atoms with van der Waals surface area (Å²) < 4.78 is 16.6. The molecule has 0 aromatic carbocycles. The van der Waals surface area contributed by atoms with Crippen LogP contribution in [-0.2, 0) is 20.3 Å². The van der Waals surface area contributed by atoms with Gasteiger partial charge in [0.2, 0.25) is 0 Å². The van der Waals surface area contributed by atoms with E-state index in [0.29, 0.717) is 32.1 Å². The number of nitrogens with zero attached hydrogens (tertiary/aromatic N) is 1. The molecule has 6 heteroatoms. The Balaban J connectivity index is 2.65. The van der Waals surface area contributed by atoms with Gasteiger partial charge >= 0.3 is 5.97 Å². The molecule has 0 spiro atoms. The van der Waals surface area contributed by atoms with E-state index in [1.54, 1.807) is 11.8 Å². The van der Waals surface area contributed by atoms with Gasteiger partial charge in [0.15, 0.2) is 5.37 Å². The van der Waals surface area contributed by atoms with Crippen molar-refractivity contribution in [2.75, 3.05) is 32.1 Å². The zero-order valence-corrected chi connectivity index (χ0v) is 8.96. The van der Waals surface area contributed by atoms with E-state index in [1.165, 1.54) is 0 Å². The summed E-state index contributed by atoms with van der Waals surface area (Å²) in [7, 11) is -1.32. The molecule has 5 nitrogen and oxygen atoms in total. The minimum Gasteiger partial charge on any atom is -0.479 e. The quantitative estimate of drug-likeness (QED) is 0.693. The lowest BCUT2D eigenvalue weighted by atomic mass is 10.4. The van der Waals surface area contributed by atoms with Crippen LogP contribution in [-0.4, -0.2) is 57.6 Å². The predicted molar refractivity (Wildman–Crippen MR) is 52.5 cm³/mol. The minimum atomic E-state index is -1.32. The molecule has 1 rings (SSSR count). The van der Waals surface area contributed by atoms with E-state index < -0.39 is 22.1 Å². The molecule has 0 amide bonds. The number of aliphatic carboxylic acids is 1. The number of ether oxygens (including phenoxy) is 1. The number of rotatable bonds is 4. The molecule has 1 saturated heterocycles. The molecule has 82 valence electrons. The van der Waals surface area contributed by atoms with Crippen LogP contribution < -0.4 is 0 Å². The molecule has 1 fully saturated rings. The van der Waals surface area contributed by atoms with E-state index >= 15 is 0 Å². The van der Waals surface area contributed by atoms with Gasteiger partial charge in [-0.2, -0.15) is 0 Å². The number of hydrogen-bond donors (Lipinski definition) is 1. The molecule has 0 aliphatic carbocycles. The third kappa shape index (κ3) is 2.76. The van der Waals surface area contributed by atoms with Crippen LogP contribution >= 0.6 is 0 Å². The second-order valence-corrected chi connectivity index (χ2v) is 4.79. The molecule has 2 atom stereocenters. The summed E-state index contributed by atoms with van der Waals surface area (Å²) in [6, 6.07) is 0. The topological polar surface area (TPSA) is 66.8 Å². The number of carboxylic acids is 1. The Morgan fingerprint density at radius 2 is 2.14 bits per heavy atom. The molecule has 0 aromatic heterocycles. The lowest BCUT2D eigenvalue weighted by Crippen LogP contribution is -2.49. The standard InChI is InChI=1S/C8H15NO4S/c1-2-14(12)7(8(10)11)9-3-5-13-6-4-9/h7H,2-6H2,1H3,(H,10,11)/t7-,14-/m1/s1. The summed E-state index contributed by atoms with van der Waals surface area (Å²) in [5.74, 6) is -0.638. The third-order valence-electron chi connectivity index (χ3n) is 2.12. The maximum absolute atomic E-state index is 11.5. The molecule has 14 heavy (non-hydrogen) atoms. The number of morpholine rings is 1. The highest BCUT2D eigenvalue weighted by Crippen LogP contribution is 2.08. The molecule has 1 heterocycles. The highest BCUT2D eigenvalue weighted by Gasteiger charge is 2.31. The molecule has 1 aliphatic heterocycles. The SMILES string of the molecule is CC[S@@](=O)[C@H](C(=O)O)N1CCOCC1. The van der Waals surface area contributed by atoms with Gasteiger partial charge in [0.1, 0.15) is 0 Å². The number of carbonyl (C=O) groups is 1. The van der Waals surface area contributed by atoms with Crippen LogP contribution in [0.15, 0.2) is 0 Å². The largest absolute Gasteiger partial charge is 0.479 e. The highest BCUT2D eigenvalue weighted by molar-refractivity contribution is 7.86. The smallest absolute Gasteiger partial charge is 0.334 e. The lowest BCUT2D eigenvalue weighted by molar-refractivity contribution is -0.141. The molecule has 0 unspecified atom stereocenters. The Kier molecular flexibility index (Phi) is 4.50. The van der Waals surface area contributed by atoms with Gasteiger partial charge in [-0.1, -0.05) is 6.92 Å². The van der Waals surface area contributed by atoms with Crippen LogP contribution in [0.5, 0.6) is 0 Å². The second kappa shape index (κ2) is 5.43. The molecule has 0 radical (unpaired) electrons. The van der Waals surface area contributed by atoms with E-state index in [9.17, 15) is 9.00 Å². The fourth-order valence-electron chi connectivity index (χ4n) is 1.40. The summed E-state index contributed by atoms with van der Waals surface area (Å²) in [5, 5.41) is 8.08. The van der Waals surface area contributed by atoms with Crippen LogP contribution in [0.1, 0.15) is 6.92 Å². The Hall–Kier alpha value is -0.460. The van der Waals surface area contributed by atoms with Crippen LogP contribution in [0.2, 0.25) is 0 Å². The van der Waals surface area contributed by atoms with Gasteiger partial charge in [0, 0.05) is 18.8 Å². The molecule has 0 aromatic rings. The first-order valence-corrected chi connectivity index (χ1v) is 5.96. The fraction of sp³-hybridized carbons (Fsp3) is 0.875. The first-order chi connectivity index (χ1) is 6.66. The van der Waals surface area contributed by atoms with E-state index in [1.807, 2.05) is 0 Å². The van der Waals surface area contributed by atoms with Crippen molar-refractivity contribution in [1.29, 1.82) is 0 Å². The highest BCUT2D eigenvalue weighted by atomic mass is 32.2. The van der Waals surface area contributed by atoms with Gasteiger partial charge < -0.3 is 9.84 Å².